The van der Waals surface area contributed by atoms with Gasteiger partial charge in [0, 0.05) is 0 Å². The summed E-state index contributed by atoms with van der Waals surface area (Å²) in [5.41, 5.74) is 0. The second-order valence-corrected chi connectivity index (χ2v) is 2.98. The lowest BCUT2D eigenvalue weighted by Crippen LogP contribution is -3.00. The van der Waals surface area contributed by atoms with Gasteiger partial charge in [-0.1, -0.05) is 0 Å². The quantitative estimate of drug-likeness (QED) is 0.210. The van der Waals surface area contributed by atoms with Crippen molar-refractivity contribution >= 4 is 5.96 Å². The van der Waals surface area contributed by atoms with Crippen LogP contribution in [-0.4, -0.2) is 62.6 Å². The molecule has 0 fully saturated rings. The van der Waals surface area contributed by atoms with E-state index < -0.39 is 0 Å². The van der Waals surface area contributed by atoms with Crippen LogP contribution < -0.4 is 9.41 Å². The summed E-state index contributed by atoms with van der Waals surface area (Å²) in [6.07, 6.45) is 0. The highest BCUT2D eigenvalue weighted by Crippen LogP contribution is 1.84. The van der Waals surface area contributed by atoms with E-state index >= 15 is 0 Å². The van der Waals surface area contributed by atoms with E-state index in [9.17, 15) is 0 Å². The smallest absolute Gasteiger partial charge is 1.00 e. The van der Waals surface area contributed by atoms with Crippen LogP contribution in [0.25, 0.3) is 0 Å². The van der Waals surface area contributed by atoms with Gasteiger partial charge >= 0.3 is 7.39 Å². The molecule has 0 aromatic rings. The number of hydrogen-bond acceptors (Lipinski definition) is 0. The maximum Gasteiger partial charge on any atom is 1.00 e. The van der Waals surface area contributed by atoms with Crippen LogP contribution in [0.2, 0.25) is 0 Å². The molecule has 5 heteroatoms. The molecule has 0 spiro atoms. The number of nitrogens with zero attached hydrogens (tertiary/aromatic N) is 3. The van der Waals surface area contributed by atoms with Crippen LogP contribution >= 0.6 is 0 Å². The lowest BCUT2D eigenvalue weighted by molar-refractivity contribution is -0.475. The summed E-state index contributed by atoms with van der Waals surface area (Å²) in [6.45, 7) is 0. The van der Waals surface area contributed by atoms with Gasteiger partial charge in [0.05, 0.1) is 42.3 Å². The van der Waals surface area contributed by atoms with Gasteiger partial charge in [-0.05, 0) is 0 Å². The zero-order chi connectivity index (χ0) is 8.31. The van der Waals surface area contributed by atoms with Gasteiger partial charge in [0.25, 0.3) is 0 Å². The molecule has 0 bridgehead atoms. The van der Waals surface area contributed by atoms with Crippen molar-refractivity contribution in [3.05, 3.63) is 0 Å². The standard InChI is InChI=1S/C7H18N3.2FH/c1-8(2)7(9(3)4)10(5)6;;/h1-6H3;2*1H/q+1;;/p-1. The van der Waals surface area contributed by atoms with E-state index in [1.807, 2.05) is 42.3 Å². The fraction of sp³-hybridized carbons (Fsp3) is 0.857. The Labute approximate surface area is 74.5 Å². The van der Waals surface area contributed by atoms with Crippen molar-refractivity contribution in [3.8, 4) is 0 Å². The highest BCUT2D eigenvalue weighted by molar-refractivity contribution is 5.73. The fourth-order valence-electron chi connectivity index (χ4n) is 1.20. The second kappa shape index (κ2) is 6.82. The molecule has 3 nitrogen and oxygen atoms in total. The van der Waals surface area contributed by atoms with Gasteiger partial charge in [-0.2, -0.15) is 0 Å². The molecule has 0 saturated carbocycles. The molecule has 0 unspecified atom stereocenters. The van der Waals surface area contributed by atoms with E-state index in [4.69, 9.17) is 0 Å². The van der Waals surface area contributed by atoms with Crippen LogP contribution in [0.3, 0.4) is 0 Å². The summed E-state index contributed by atoms with van der Waals surface area (Å²) in [4.78, 5) is 4.17. The van der Waals surface area contributed by atoms with Crippen LogP contribution in [0, 0.1) is 0 Å². The Morgan fingerprint density at radius 2 is 1.17 bits per heavy atom. The molecular weight excluding hydrogens is 164 g/mol. The van der Waals surface area contributed by atoms with Gasteiger partial charge in [-0.3, -0.25) is 14.4 Å². The van der Waals surface area contributed by atoms with Crippen molar-refractivity contribution in [3.63, 3.8) is 0 Å². The van der Waals surface area contributed by atoms with Crippen molar-refractivity contribution in [2.45, 2.75) is 0 Å². The number of rotatable bonds is 0. The Morgan fingerprint density at radius 3 is 1.17 bits per heavy atom. The SMILES string of the molecule is CN(C)C(N(C)C)=[N+](C)C.[F-].[F-].[H+]. The van der Waals surface area contributed by atoms with E-state index in [1.165, 1.54) is 5.96 Å². The van der Waals surface area contributed by atoms with Crippen LogP contribution in [-0.2, 0) is 0 Å². The molecule has 76 valence electrons. The van der Waals surface area contributed by atoms with Crippen molar-refractivity contribution < 1.29 is 15.4 Å². The minimum atomic E-state index is 0. The normalized spacial score (nSPS) is 7.50. The Hall–Kier alpha value is -0.870. The molecule has 0 heterocycles. The fourth-order valence-corrected chi connectivity index (χ4v) is 1.20. The van der Waals surface area contributed by atoms with Gasteiger partial charge in [-0.25, -0.2) is 0 Å². The summed E-state index contributed by atoms with van der Waals surface area (Å²) in [5.74, 6) is 1.19. The molecule has 0 aliphatic carbocycles. The highest BCUT2D eigenvalue weighted by atomic mass is 19.0. The van der Waals surface area contributed by atoms with Crippen molar-refractivity contribution in [1.29, 1.82) is 0 Å². The highest BCUT2D eigenvalue weighted by Gasteiger charge is 2.12. The monoisotopic (exact) mass is 183 g/mol. The number of halogens is 2. The summed E-state index contributed by atoms with van der Waals surface area (Å²) >= 11 is 0. The first-order valence-electron chi connectivity index (χ1n) is 3.35. The molecular formula is C7H19F2N3. The summed E-state index contributed by atoms with van der Waals surface area (Å²) in [7, 11) is 12.2. The van der Waals surface area contributed by atoms with Crippen LogP contribution in [0.4, 0.5) is 0 Å². The van der Waals surface area contributed by atoms with Crippen LogP contribution in [0.15, 0.2) is 0 Å². The molecule has 0 aromatic heterocycles. The third kappa shape index (κ3) is 4.87. The molecule has 0 amide bonds. The van der Waals surface area contributed by atoms with Gasteiger partial charge in [0.2, 0.25) is 0 Å². The van der Waals surface area contributed by atoms with Crippen molar-refractivity contribution in [2.24, 2.45) is 0 Å². The van der Waals surface area contributed by atoms with E-state index in [0.29, 0.717) is 0 Å². The van der Waals surface area contributed by atoms with E-state index in [2.05, 4.69) is 14.4 Å². The predicted molar refractivity (Wildman–Crippen MR) is 45.6 cm³/mol. The first-order valence-corrected chi connectivity index (χ1v) is 3.35. The topological polar surface area (TPSA) is 9.49 Å². The van der Waals surface area contributed by atoms with E-state index in [-0.39, 0.29) is 10.8 Å². The Morgan fingerprint density at radius 1 is 0.917 bits per heavy atom. The van der Waals surface area contributed by atoms with Gasteiger partial charge < -0.3 is 9.41 Å². The third-order valence-electron chi connectivity index (χ3n) is 1.20. The zero-order valence-electron chi connectivity index (χ0n) is 9.60. The van der Waals surface area contributed by atoms with Crippen molar-refractivity contribution in [2.75, 3.05) is 42.3 Å². The molecule has 0 aliphatic rings. The van der Waals surface area contributed by atoms with Crippen LogP contribution in [0.1, 0.15) is 1.43 Å². The molecule has 0 rings (SSSR count). The number of guanidine groups is 1. The second-order valence-electron chi connectivity index (χ2n) is 2.98. The minimum absolute atomic E-state index is 0. The van der Waals surface area contributed by atoms with Gasteiger partial charge in [-0.15, -0.1) is 0 Å². The Bertz CT molecular complexity index is 135. The Kier molecular flexibility index (Phi) is 9.82. The average molecular weight is 183 g/mol. The molecule has 0 N–H and O–H groups in total. The average Bonchev–Trinajstić information content (AvgIpc) is 1.59. The lowest BCUT2D eigenvalue weighted by atomic mass is 10.7. The molecule has 0 saturated heterocycles. The minimum Gasteiger partial charge on any atom is -1.00 e. The summed E-state index contributed by atoms with van der Waals surface area (Å²) in [5, 5.41) is 0. The molecule has 0 radical (unpaired) electrons. The van der Waals surface area contributed by atoms with Crippen molar-refractivity contribution in [1.82, 2.24) is 9.80 Å². The lowest BCUT2D eigenvalue weighted by Gasteiger charge is -2.16. The summed E-state index contributed by atoms with van der Waals surface area (Å²) in [6, 6.07) is 0. The Balaban J connectivity index is -0.000000135. The predicted octanol–water partition coefficient (Wildman–Crippen LogP) is -6.14. The maximum absolute atomic E-state index is 2.08. The summed E-state index contributed by atoms with van der Waals surface area (Å²) < 4.78 is 2.08. The maximum atomic E-state index is 2.08. The molecule has 12 heavy (non-hydrogen) atoms. The third-order valence-corrected chi connectivity index (χ3v) is 1.20. The van der Waals surface area contributed by atoms with E-state index in [0.717, 1.165) is 0 Å². The zero-order valence-corrected chi connectivity index (χ0v) is 8.60. The first-order chi connectivity index (χ1) is 4.46. The largest absolute Gasteiger partial charge is 1.00 e. The molecule has 0 atom stereocenters. The van der Waals surface area contributed by atoms with Gasteiger partial charge in [0.15, 0.2) is 0 Å². The molecule has 0 aliphatic heterocycles. The first kappa shape index (κ1) is 17.3. The van der Waals surface area contributed by atoms with Gasteiger partial charge in [0.1, 0.15) is 0 Å². The number of hydrogen-bond donors (Lipinski definition) is 0. The van der Waals surface area contributed by atoms with E-state index in [1.54, 1.807) is 0 Å². The molecule has 0 aromatic carbocycles. The van der Waals surface area contributed by atoms with Crippen LogP contribution in [0.5, 0.6) is 0 Å².